The molecule has 3 aromatic carbocycles. The van der Waals surface area contributed by atoms with Gasteiger partial charge in [-0.25, -0.2) is 9.18 Å². The third-order valence-corrected chi connectivity index (χ3v) is 4.26. The van der Waals surface area contributed by atoms with Gasteiger partial charge in [-0.3, -0.25) is 10.1 Å². The Kier molecular flexibility index (Phi) is 7.19. The van der Waals surface area contributed by atoms with Gasteiger partial charge in [0.2, 0.25) is 5.75 Å². The number of benzene rings is 3. The fourth-order valence-corrected chi connectivity index (χ4v) is 2.65. The van der Waals surface area contributed by atoms with Gasteiger partial charge in [-0.1, -0.05) is 12.1 Å². The monoisotopic (exact) mass is 481 g/mol. The van der Waals surface area contributed by atoms with Gasteiger partial charge < -0.3 is 18.9 Å². The number of esters is 1. The van der Waals surface area contributed by atoms with Crippen molar-refractivity contribution in [2.24, 2.45) is 0 Å². The fourth-order valence-electron chi connectivity index (χ4n) is 2.65. The number of halogens is 4. The summed E-state index contributed by atoms with van der Waals surface area (Å²) in [5.74, 6) is -2.88. The summed E-state index contributed by atoms with van der Waals surface area (Å²) in [5, 5.41) is 11.4. The highest BCUT2D eigenvalue weighted by molar-refractivity contribution is 5.71. The Morgan fingerprint density at radius 2 is 1.65 bits per heavy atom. The van der Waals surface area contributed by atoms with Crippen molar-refractivity contribution >= 4 is 11.7 Å². The average Bonchev–Trinajstić information content (AvgIpc) is 2.79. The molecule has 0 radical (unpaired) electrons. The van der Waals surface area contributed by atoms with Gasteiger partial charge in [0.15, 0.2) is 29.7 Å². The van der Waals surface area contributed by atoms with Crippen LogP contribution in [0.3, 0.4) is 0 Å². The van der Waals surface area contributed by atoms with Gasteiger partial charge in [-0.05, 0) is 36.4 Å². The van der Waals surface area contributed by atoms with Crippen LogP contribution < -0.4 is 14.2 Å². The quantitative estimate of drug-likeness (QED) is 0.171. The van der Waals surface area contributed by atoms with Gasteiger partial charge in [0.1, 0.15) is 5.75 Å². The highest BCUT2D eigenvalue weighted by atomic mass is 19.4. The molecule has 0 aromatic heterocycles. The number of carbonyl (C=O) groups excluding carboxylic acids is 1. The molecule has 8 nitrogen and oxygen atoms in total. The van der Waals surface area contributed by atoms with E-state index < -0.39 is 46.5 Å². The maximum absolute atomic E-state index is 14.1. The molecule has 0 aliphatic carbocycles. The van der Waals surface area contributed by atoms with Gasteiger partial charge >= 0.3 is 17.8 Å². The van der Waals surface area contributed by atoms with Crippen molar-refractivity contribution in [2.75, 3.05) is 13.7 Å². The van der Waals surface area contributed by atoms with Crippen LogP contribution in [0.1, 0.15) is 5.56 Å². The first-order chi connectivity index (χ1) is 16.1. The van der Waals surface area contributed by atoms with E-state index in [9.17, 15) is 32.5 Å². The second-order valence-electron chi connectivity index (χ2n) is 6.55. The molecule has 0 aliphatic rings. The molecule has 0 heterocycles. The Morgan fingerprint density at radius 3 is 2.26 bits per heavy atom. The number of nitro benzene ring substituents is 1. The smallest absolute Gasteiger partial charge is 0.416 e. The first kappa shape index (κ1) is 24.3. The maximum Gasteiger partial charge on any atom is 0.416 e. The van der Waals surface area contributed by atoms with E-state index in [0.717, 1.165) is 24.3 Å². The van der Waals surface area contributed by atoms with Crippen LogP contribution in [-0.2, 0) is 15.7 Å². The number of hydrogen-bond acceptors (Lipinski definition) is 7. The largest absolute Gasteiger partial charge is 0.478 e. The summed E-state index contributed by atoms with van der Waals surface area (Å²) >= 11 is 0. The molecule has 0 unspecified atom stereocenters. The number of rotatable bonds is 8. The minimum Gasteiger partial charge on any atom is -0.478 e. The van der Waals surface area contributed by atoms with Crippen LogP contribution in [0.2, 0.25) is 0 Å². The molecule has 0 saturated carbocycles. The van der Waals surface area contributed by atoms with Gasteiger partial charge in [-0.2, -0.15) is 13.2 Å². The van der Waals surface area contributed by atoms with Crippen molar-refractivity contribution in [3.63, 3.8) is 0 Å². The Morgan fingerprint density at radius 1 is 0.941 bits per heavy atom. The van der Waals surface area contributed by atoms with Crippen LogP contribution in [0.15, 0.2) is 60.7 Å². The van der Waals surface area contributed by atoms with Gasteiger partial charge in [-0.15, -0.1) is 0 Å². The number of ether oxygens (including phenoxy) is 4. The van der Waals surface area contributed by atoms with Gasteiger partial charge in [0.05, 0.1) is 17.6 Å². The van der Waals surface area contributed by atoms with E-state index >= 15 is 0 Å². The van der Waals surface area contributed by atoms with Crippen LogP contribution >= 0.6 is 0 Å². The number of nitrogens with zero attached hydrogens (tertiary/aromatic N) is 1. The molecule has 3 aromatic rings. The molecule has 34 heavy (non-hydrogen) atoms. The molecular formula is C22H15F4NO7. The van der Waals surface area contributed by atoms with Gasteiger partial charge in [0.25, 0.3) is 0 Å². The molecule has 0 saturated heterocycles. The van der Waals surface area contributed by atoms with Crippen molar-refractivity contribution in [2.45, 2.75) is 6.18 Å². The lowest BCUT2D eigenvalue weighted by atomic mass is 10.2. The number of para-hydroxylation sites is 2. The van der Waals surface area contributed by atoms with E-state index in [1.54, 1.807) is 12.1 Å². The lowest BCUT2D eigenvalue weighted by Gasteiger charge is -2.13. The zero-order valence-electron chi connectivity index (χ0n) is 17.3. The average molecular weight is 481 g/mol. The predicted octanol–water partition coefficient (Wildman–Crippen LogP) is 5.89. The van der Waals surface area contributed by atoms with E-state index in [0.29, 0.717) is 6.07 Å². The normalized spacial score (nSPS) is 11.0. The van der Waals surface area contributed by atoms with Crippen LogP contribution in [-0.4, -0.2) is 24.6 Å². The SMILES string of the molecule is COC(=O)COc1ccccc1Oc1cc(Oc2ccc(C(F)(F)F)cc2F)ccc1[N+](=O)[O-]. The summed E-state index contributed by atoms with van der Waals surface area (Å²) in [7, 11) is 1.17. The van der Waals surface area contributed by atoms with Crippen molar-refractivity contribution < 1.29 is 46.2 Å². The Hall–Kier alpha value is -4.35. The van der Waals surface area contributed by atoms with Crippen molar-refractivity contribution in [3.8, 4) is 28.7 Å². The summed E-state index contributed by atoms with van der Waals surface area (Å²) in [6, 6.07) is 10.9. The molecule has 0 spiro atoms. The minimum atomic E-state index is -4.74. The highest BCUT2D eigenvalue weighted by Gasteiger charge is 2.31. The van der Waals surface area contributed by atoms with Crippen LogP contribution in [0.4, 0.5) is 23.2 Å². The molecule has 178 valence electrons. The van der Waals surface area contributed by atoms with Crippen molar-refractivity contribution in [3.05, 3.63) is 82.2 Å². The highest BCUT2D eigenvalue weighted by Crippen LogP contribution is 2.40. The lowest BCUT2D eigenvalue weighted by molar-refractivity contribution is -0.385. The molecule has 0 aliphatic heterocycles. The summed E-state index contributed by atoms with van der Waals surface area (Å²) in [6.45, 7) is -0.449. The third-order valence-electron chi connectivity index (χ3n) is 4.26. The molecule has 0 bridgehead atoms. The Bertz CT molecular complexity index is 1210. The van der Waals surface area contributed by atoms with Gasteiger partial charge in [0, 0.05) is 12.1 Å². The number of carbonyl (C=O) groups is 1. The molecule has 0 N–H and O–H groups in total. The summed E-state index contributed by atoms with van der Waals surface area (Å²) in [6.07, 6.45) is -4.74. The lowest BCUT2D eigenvalue weighted by Crippen LogP contribution is -2.12. The summed E-state index contributed by atoms with van der Waals surface area (Å²) < 4.78 is 73.0. The van der Waals surface area contributed by atoms with E-state index in [1.807, 2.05) is 0 Å². The van der Waals surface area contributed by atoms with Crippen molar-refractivity contribution in [1.82, 2.24) is 0 Å². The molecule has 0 amide bonds. The predicted molar refractivity (Wildman–Crippen MR) is 109 cm³/mol. The first-order valence-electron chi connectivity index (χ1n) is 9.38. The number of alkyl halides is 3. The van der Waals surface area contributed by atoms with Crippen molar-refractivity contribution in [1.29, 1.82) is 0 Å². The number of hydrogen-bond donors (Lipinski definition) is 0. The zero-order chi connectivity index (χ0) is 24.9. The standard InChI is InChI=1S/C22H15F4NO7/c1-31-21(28)12-32-18-4-2-3-5-19(18)34-20-11-14(7-8-16(20)27(29)30)33-17-9-6-13(10-15(17)23)22(24,25)26/h2-11H,12H2,1H3. The Balaban J connectivity index is 1.90. The third kappa shape index (κ3) is 5.91. The molecule has 3 rings (SSSR count). The van der Waals surface area contributed by atoms with E-state index in [4.69, 9.17) is 14.2 Å². The number of nitro groups is 1. The van der Waals surface area contributed by atoms with E-state index in [-0.39, 0.29) is 29.1 Å². The first-order valence-corrected chi connectivity index (χ1v) is 9.38. The fraction of sp³-hybridized carbons (Fsp3) is 0.136. The summed E-state index contributed by atoms with van der Waals surface area (Å²) in [4.78, 5) is 22.0. The number of methoxy groups -OCH3 is 1. The molecular weight excluding hydrogens is 466 g/mol. The van der Waals surface area contributed by atoms with E-state index in [2.05, 4.69) is 4.74 Å². The maximum atomic E-state index is 14.1. The second-order valence-corrected chi connectivity index (χ2v) is 6.55. The minimum absolute atomic E-state index is 0.00682. The Labute approximate surface area is 189 Å². The zero-order valence-corrected chi connectivity index (χ0v) is 17.3. The van der Waals surface area contributed by atoms with Crippen LogP contribution in [0, 0.1) is 15.9 Å². The second kappa shape index (κ2) is 10.1. The molecule has 12 heteroatoms. The molecule has 0 atom stereocenters. The summed E-state index contributed by atoms with van der Waals surface area (Å²) in [5.41, 5.74) is -1.68. The molecule has 0 fully saturated rings. The van der Waals surface area contributed by atoms with Crippen LogP contribution in [0.5, 0.6) is 28.7 Å². The van der Waals surface area contributed by atoms with Crippen LogP contribution in [0.25, 0.3) is 0 Å². The van der Waals surface area contributed by atoms with E-state index in [1.165, 1.54) is 19.2 Å². The topological polar surface area (TPSA) is 97.1 Å².